The van der Waals surface area contributed by atoms with Crippen molar-refractivity contribution in [3.63, 3.8) is 0 Å². The van der Waals surface area contributed by atoms with E-state index in [1.54, 1.807) is 5.57 Å². The van der Waals surface area contributed by atoms with E-state index in [1.165, 1.54) is 32.3 Å². The molecule has 0 aliphatic heterocycles. The highest BCUT2D eigenvalue weighted by atomic mass is 79.9. The zero-order valence-electron chi connectivity index (χ0n) is 21.5. The smallest absolute Gasteiger partial charge is 0.166 e. The van der Waals surface area contributed by atoms with E-state index in [2.05, 4.69) is 118 Å². The van der Waals surface area contributed by atoms with Crippen LogP contribution in [0.3, 0.4) is 0 Å². The number of carbonyl (C=O) groups excluding carboxylic acids is 1. The van der Waals surface area contributed by atoms with Crippen molar-refractivity contribution in [3.8, 4) is 0 Å². The van der Waals surface area contributed by atoms with Crippen LogP contribution in [0.1, 0.15) is 106 Å². The normalized spacial score (nSPS) is 17.3. The predicted octanol–water partition coefficient (Wildman–Crippen LogP) is 9.61. The van der Waals surface area contributed by atoms with Gasteiger partial charge in [-0.05, 0) is 82.5 Å². The molecule has 1 nitrogen and oxygen atoms in total. The summed E-state index contributed by atoms with van der Waals surface area (Å²) >= 11 is 7.34. The van der Waals surface area contributed by atoms with Gasteiger partial charge < -0.3 is 0 Å². The average Bonchev–Trinajstić information content (AvgIpc) is 3.29. The van der Waals surface area contributed by atoms with Gasteiger partial charge in [0.15, 0.2) is 5.78 Å². The number of carbonyl (C=O) groups is 1. The number of ketones is 1. The maximum atomic E-state index is 12.2. The van der Waals surface area contributed by atoms with Crippen molar-refractivity contribution in [2.24, 2.45) is 5.92 Å². The SMILES string of the molecule is CCC1=Cc2cc(C(C)(C)C)cc(Br)c2C1.CCC1Cc2c(Br)cc(C(C)(C)C)cc2C1=O. The van der Waals surface area contributed by atoms with Crippen molar-refractivity contribution in [1.29, 1.82) is 0 Å². The fourth-order valence-electron chi connectivity index (χ4n) is 4.52. The number of allylic oxidation sites excluding steroid dienone is 1. The standard InChI is InChI=1S/C15H19BrO.C15H19Br/c1-5-9-6-11-12(14(9)17)7-10(8-13(11)16)15(2,3)4;1-5-10-6-11-8-12(15(2,3)4)9-14(16)13(11)7-10/h7-9H,5-6H2,1-4H3;6,8-9H,5,7H2,1-4H3. The first-order valence-corrected chi connectivity index (χ1v) is 13.7. The molecule has 1 unspecified atom stereocenters. The van der Waals surface area contributed by atoms with Gasteiger partial charge in [0, 0.05) is 20.4 Å². The Bertz CT molecular complexity index is 1090. The molecule has 2 aromatic rings. The van der Waals surface area contributed by atoms with E-state index in [0.29, 0.717) is 5.78 Å². The minimum absolute atomic E-state index is 0.0854. The van der Waals surface area contributed by atoms with Gasteiger partial charge in [0.1, 0.15) is 0 Å². The summed E-state index contributed by atoms with van der Waals surface area (Å²) in [4.78, 5) is 12.2. The molecule has 0 saturated carbocycles. The number of hydrogen-bond acceptors (Lipinski definition) is 1. The summed E-state index contributed by atoms with van der Waals surface area (Å²) in [5.74, 6) is 0.519. The number of hydrogen-bond donors (Lipinski definition) is 0. The number of Topliss-reactive ketones (excluding diaryl/α,β-unsaturated/α-hetero) is 1. The molecule has 0 bridgehead atoms. The summed E-state index contributed by atoms with van der Waals surface area (Å²) in [6.45, 7) is 17.7. The molecular formula is C30H38Br2O. The highest BCUT2D eigenvalue weighted by molar-refractivity contribution is 9.10. The van der Waals surface area contributed by atoms with E-state index in [-0.39, 0.29) is 16.7 Å². The van der Waals surface area contributed by atoms with Gasteiger partial charge >= 0.3 is 0 Å². The van der Waals surface area contributed by atoms with Gasteiger partial charge in [0.05, 0.1) is 0 Å². The molecule has 2 aliphatic carbocycles. The average molecular weight is 574 g/mol. The van der Waals surface area contributed by atoms with Crippen molar-refractivity contribution >= 4 is 43.7 Å². The molecule has 178 valence electrons. The summed E-state index contributed by atoms with van der Waals surface area (Å²) < 4.78 is 2.37. The third-order valence-corrected chi connectivity index (χ3v) is 8.37. The van der Waals surface area contributed by atoms with E-state index < -0.39 is 0 Å². The van der Waals surface area contributed by atoms with E-state index in [4.69, 9.17) is 0 Å². The Morgan fingerprint density at radius 3 is 1.91 bits per heavy atom. The van der Waals surface area contributed by atoms with E-state index in [9.17, 15) is 4.79 Å². The van der Waals surface area contributed by atoms with Gasteiger partial charge in [-0.2, -0.15) is 0 Å². The molecule has 0 amide bonds. The van der Waals surface area contributed by atoms with Crippen molar-refractivity contribution in [1.82, 2.24) is 0 Å². The molecule has 33 heavy (non-hydrogen) atoms. The molecule has 2 aliphatic rings. The molecule has 0 fully saturated rings. The molecule has 0 saturated heterocycles. The zero-order valence-corrected chi connectivity index (χ0v) is 24.6. The molecule has 1 atom stereocenters. The second-order valence-electron chi connectivity index (χ2n) is 11.5. The first-order chi connectivity index (χ1) is 15.3. The molecule has 2 aromatic carbocycles. The molecule has 0 heterocycles. The molecule has 4 rings (SSSR count). The van der Waals surface area contributed by atoms with Crippen molar-refractivity contribution in [2.45, 2.75) is 91.9 Å². The van der Waals surface area contributed by atoms with Crippen LogP contribution in [0.15, 0.2) is 38.8 Å². The Kier molecular flexibility index (Phi) is 7.86. The Labute approximate surface area is 217 Å². The maximum Gasteiger partial charge on any atom is 0.166 e. The minimum Gasteiger partial charge on any atom is -0.294 e. The lowest BCUT2D eigenvalue weighted by molar-refractivity contribution is 0.0934. The first-order valence-electron chi connectivity index (χ1n) is 12.2. The van der Waals surface area contributed by atoms with Crippen LogP contribution in [0.4, 0.5) is 0 Å². The Morgan fingerprint density at radius 1 is 0.848 bits per heavy atom. The van der Waals surface area contributed by atoms with Crippen LogP contribution in [0.25, 0.3) is 6.08 Å². The molecule has 0 radical (unpaired) electrons. The summed E-state index contributed by atoms with van der Waals surface area (Å²) in [7, 11) is 0. The Morgan fingerprint density at radius 2 is 1.39 bits per heavy atom. The predicted molar refractivity (Wildman–Crippen MR) is 149 cm³/mol. The monoisotopic (exact) mass is 572 g/mol. The fraction of sp³-hybridized carbons (Fsp3) is 0.500. The molecular weight excluding hydrogens is 536 g/mol. The lowest BCUT2D eigenvalue weighted by Gasteiger charge is -2.20. The van der Waals surface area contributed by atoms with Crippen LogP contribution in [0, 0.1) is 5.92 Å². The van der Waals surface area contributed by atoms with Crippen LogP contribution in [-0.2, 0) is 23.7 Å². The highest BCUT2D eigenvalue weighted by Gasteiger charge is 2.32. The van der Waals surface area contributed by atoms with Gasteiger partial charge in [-0.3, -0.25) is 4.79 Å². The second-order valence-corrected chi connectivity index (χ2v) is 13.2. The topological polar surface area (TPSA) is 17.1 Å². The maximum absolute atomic E-state index is 12.2. The van der Waals surface area contributed by atoms with Crippen LogP contribution in [0.5, 0.6) is 0 Å². The van der Waals surface area contributed by atoms with E-state index in [1.807, 2.05) is 0 Å². The number of benzene rings is 2. The van der Waals surface area contributed by atoms with Gasteiger partial charge in [0.25, 0.3) is 0 Å². The molecule has 0 aromatic heterocycles. The molecule has 0 N–H and O–H groups in total. The van der Waals surface area contributed by atoms with Crippen LogP contribution < -0.4 is 0 Å². The van der Waals surface area contributed by atoms with Crippen LogP contribution in [0.2, 0.25) is 0 Å². The lowest BCUT2D eigenvalue weighted by Crippen LogP contribution is -2.13. The van der Waals surface area contributed by atoms with E-state index in [0.717, 1.165) is 35.7 Å². The van der Waals surface area contributed by atoms with Gasteiger partial charge in [-0.15, -0.1) is 0 Å². The third-order valence-electron chi connectivity index (χ3n) is 6.95. The minimum atomic E-state index is 0.0854. The second kappa shape index (κ2) is 9.82. The molecule has 3 heteroatoms. The number of halogens is 2. The largest absolute Gasteiger partial charge is 0.294 e. The first kappa shape index (κ1) is 26.4. The summed E-state index contributed by atoms with van der Waals surface area (Å²) in [6.07, 6.45) is 6.47. The van der Waals surface area contributed by atoms with Crippen molar-refractivity contribution < 1.29 is 4.79 Å². The summed E-state index contributed by atoms with van der Waals surface area (Å²) in [5, 5.41) is 0. The van der Waals surface area contributed by atoms with Crippen molar-refractivity contribution in [2.75, 3.05) is 0 Å². The quantitative estimate of drug-likeness (QED) is 0.349. The van der Waals surface area contributed by atoms with Gasteiger partial charge in [-0.1, -0.05) is 105 Å². The van der Waals surface area contributed by atoms with Gasteiger partial charge in [-0.25, -0.2) is 0 Å². The highest BCUT2D eigenvalue weighted by Crippen LogP contribution is 2.38. The molecule has 0 spiro atoms. The lowest BCUT2D eigenvalue weighted by atomic mass is 9.85. The van der Waals surface area contributed by atoms with E-state index >= 15 is 0 Å². The summed E-state index contributed by atoms with van der Waals surface area (Å²) in [5.41, 5.74) is 9.51. The Hall–Kier alpha value is -1.19. The van der Waals surface area contributed by atoms with Gasteiger partial charge in [0.2, 0.25) is 0 Å². The third kappa shape index (κ3) is 5.73. The number of fused-ring (bicyclic) bond motifs is 2. The zero-order chi connectivity index (χ0) is 24.7. The van der Waals surface area contributed by atoms with Crippen LogP contribution in [-0.4, -0.2) is 5.78 Å². The summed E-state index contributed by atoms with van der Waals surface area (Å²) in [6, 6.07) is 8.90. The fourth-order valence-corrected chi connectivity index (χ4v) is 5.75. The van der Waals surface area contributed by atoms with Crippen molar-refractivity contribution in [3.05, 3.63) is 72.2 Å². The number of rotatable bonds is 2. The van der Waals surface area contributed by atoms with Crippen LogP contribution >= 0.6 is 31.9 Å². The Balaban J connectivity index is 0.000000186.